The Labute approximate surface area is 90.1 Å². The second-order valence-corrected chi connectivity index (χ2v) is 3.68. The van der Waals surface area contributed by atoms with Crippen LogP contribution in [0.2, 0.25) is 0 Å². The molecule has 82 valence electrons. The van der Waals surface area contributed by atoms with E-state index in [0.29, 0.717) is 13.1 Å². The van der Waals surface area contributed by atoms with Crippen LogP contribution in [0, 0.1) is 0 Å². The predicted octanol–water partition coefficient (Wildman–Crippen LogP) is 0.696. The number of hydrogen-bond acceptors (Lipinski definition) is 3. The minimum atomic E-state index is 0.0269. The molecule has 0 atom stereocenters. The van der Waals surface area contributed by atoms with E-state index < -0.39 is 0 Å². The fourth-order valence-corrected chi connectivity index (χ4v) is 1.19. The molecule has 1 rings (SSSR count). The van der Waals surface area contributed by atoms with Crippen LogP contribution in [0.25, 0.3) is 0 Å². The lowest BCUT2D eigenvalue weighted by Gasteiger charge is -2.08. The number of carbonyl (C=O) groups is 1. The van der Waals surface area contributed by atoms with Crippen molar-refractivity contribution in [3.05, 3.63) is 30.1 Å². The molecule has 0 aliphatic carbocycles. The van der Waals surface area contributed by atoms with Crippen molar-refractivity contribution in [3.8, 4) is 0 Å². The normalized spacial score (nSPS) is 10.3. The Balaban J connectivity index is 2.19. The lowest BCUT2D eigenvalue weighted by molar-refractivity contribution is -0.120. The van der Waals surface area contributed by atoms with Gasteiger partial charge in [0, 0.05) is 25.0 Å². The van der Waals surface area contributed by atoms with Crippen molar-refractivity contribution < 1.29 is 4.79 Å². The minimum Gasteiger partial charge on any atom is -0.353 e. The number of carbonyl (C=O) groups excluding carboxylic acids is 1. The number of nitrogens with one attached hydrogen (secondary N) is 2. The van der Waals surface area contributed by atoms with Crippen molar-refractivity contribution in [1.29, 1.82) is 0 Å². The SMILES string of the molecule is CC(C)NC(=O)CNCc1ccncc1. The summed E-state index contributed by atoms with van der Waals surface area (Å²) < 4.78 is 0. The molecule has 0 spiro atoms. The summed E-state index contributed by atoms with van der Waals surface area (Å²) in [7, 11) is 0. The van der Waals surface area contributed by atoms with Crippen LogP contribution in [0.1, 0.15) is 19.4 Å². The smallest absolute Gasteiger partial charge is 0.234 e. The molecule has 0 saturated carbocycles. The van der Waals surface area contributed by atoms with Crippen LogP contribution in [0.3, 0.4) is 0 Å². The quantitative estimate of drug-likeness (QED) is 0.747. The molecule has 1 aromatic heterocycles. The number of hydrogen-bond donors (Lipinski definition) is 2. The highest BCUT2D eigenvalue weighted by molar-refractivity contribution is 5.78. The average Bonchev–Trinajstić information content (AvgIpc) is 2.18. The number of pyridine rings is 1. The molecule has 0 fully saturated rings. The highest BCUT2D eigenvalue weighted by Crippen LogP contribution is 1.93. The zero-order chi connectivity index (χ0) is 11.1. The first kappa shape index (κ1) is 11.7. The molecule has 1 heterocycles. The second kappa shape index (κ2) is 6.14. The van der Waals surface area contributed by atoms with Gasteiger partial charge in [-0.1, -0.05) is 0 Å². The molecule has 0 saturated heterocycles. The Morgan fingerprint density at radius 2 is 2.07 bits per heavy atom. The van der Waals surface area contributed by atoms with Gasteiger partial charge in [0.2, 0.25) is 5.91 Å². The van der Waals surface area contributed by atoms with Gasteiger partial charge >= 0.3 is 0 Å². The van der Waals surface area contributed by atoms with Crippen LogP contribution < -0.4 is 10.6 Å². The molecule has 0 aromatic carbocycles. The summed E-state index contributed by atoms with van der Waals surface area (Å²) in [6.07, 6.45) is 3.48. The second-order valence-electron chi connectivity index (χ2n) is 3.68. The van der Waals surface area contributed by atoms with Gasteiger partial charge in [0.15, 0.2) is 0 Å². The van der Waals surface area contributed by atoms with E-state index in [9.17, 15) is 4.79 Å². The summed E-state index contributed by atoms with van der Waals surface area (Å²) in [6, 6.07) is 4.04. The highest BCUT2D eigenvalue weighted by atomic mass is 16.1. The lowest BCUT2D eigenvalue weighted by Crippen LogP contribution is -2.37. The number of aromatic nitrogens is 1. The van der Waals surface area contributed by atoms with Crippen molar-refractivity contribution in [2.24, 2.45) is 0 Å². The third kappa shape index (κ3) is 5.12. The maximum atomic E-state index is 11.3. The summed E-state index contributed by atoms with van der Waals surface area (Å²) in [5, 5.41) is 5.88. The topological polar surface area (TPSA) is 54.0 Å². The molecule has 4 heteroatoms. The molecular weight excluding hydrogens is 190 g/mol. The number of amides is 1. The van der Waals surface area contributed by atoms with E-state index in [1.807, 2.05) is 26.0 Å². The van der Waals surface area contributed by atoms with Gasteiger partial charge in [-0.25, -0.2) is 0 Å². The summed E-state index contributed by atoms with van der Waals surface area (Å²) in [5.41, 5.74) is 1.13. The maximum Gasteiger partial charge on any atom is 0.234 e. The van der Waals surface area contributed by atoms with Gasteiger partial charge in [0.25, 0.3) is 0 Å². The Bertz CT molecular complexity index is 298. The summed E-state index contributed by atoms with van der Waals surface area (Å²) >= 11 is 0. The van der Waals surface area contributed by atoms with Crippen LogP contribution >= 0.6 is 0 Å². The minimum absolute atomic E-state index is 0.0269. The van der Waals surface area contributed by atoms with Gasteiger partial charge in [-0.15, -0.1) is 0 Å². The number of rotatable bonds is 5. The van der Waals surface area contributed by atoms with E-state index >= 15 is 0 Å². The van der Waals surface area contributed by atoms with Crippen molar-refractivity contribution >= 4 is 5.91 Å². The van der Waals surface area contributed by atoms with E-state index in [0.717, 1.165) is 5.56 Å². The van der Waals surface area contributed by atoms with Crippen molar-refractivity contribution in [2.45, 2.75) is 26.4 Å². The third-order valence-corrected chi connectivity index (χ3v) is 1.81. The first-order chi connectivity index (χ1) is 7.18. The summed E-state index contributed by atoms with van der Waals surface area (Å²) in [5.74, 6) is 0.0269. The average molecular weight is 207 g/mol. The van der Waals surface area contributed by atoms with Crippen LogP contribution in [0.4, 0.5) is 0 Å². The van der Waals surface area contributed by atoms with E-state index in [-0.39, 0.29) is 11.9 Å². The molecule has 1 amide bonds. The zero-order valence-electron chi connectivity index (χ0n) is 9.16. The Kier molecular flexibility index (Phi) is 4.77. The third-order valence-electron chi connectivity index (χ3n) is 1.81. The molecule has 0 aliphatic heterocycles. The van der Waals surface area contributed by atoms with Crippen molar-refractivity contribution in [3.63, 3.8) is 0 Å². The summed E-state index contributed by atoms with van der Waals surface area (Å²) in [4.78, 5) is 15.2. The molecule has 2 N–H and O–H groups in total. The maximum absolute atomic E-state index is 11.3. The monoisotopic (exact) mass is 207 g/mol. The molecule has 15 heavy (non-hydrogen) atoms. The van der Waals surface area contributed by atoms with Crippen LogP contribution in [0.5, 0.6) is 0 Å². The summed E-state index contributed by atoms with van der Waals surface area (Å²) in [6.45, 7) is 4.93. The molecule has 0 aliphatic rings. The van der Waals surface area contributed by atoms with Gasteiger partial charge in [0.1, 0.15) is 0 Å². The van der Waals surface area contributed by atoms with E-state index in [4.69, 9.17) is 0 Å². The Hall–Kier alpha value is -1.42. The van der Waals surface area contributed by atoms with Crippen LogP contribution in [0.15, 0.2) is 24.5 Å². The molecule has 0 radical (unpaired) electrons. The molecular formula is C11H17N3O. The molecule has 1 aromatic rings. The Morgan fingerprint density at radius 3 is 2.67 bits per heavy atom. The van der Waals surface area contributed by atoms with E-state index in [2.05, 4.69) is 15.6 Å². The van der Waals surface area contributed by atoms with E-state index in [1.54, 1.807) is 12.4 Å². The fraction of sp³-hybridized carbons (Fsp3) is 0.455. The largest absolute Gasteiger partial charge is 0.353 e. The van der Waals surface area contributed by atoms with Gasteiger partial charge in [-0.3, -0.25) is 9.78 Å². The van der Waals surface area contributed by atoms with Crippen LogP contribution in [-0.4, -0.2) is 23.5 Å². The molecule has 0 bridgehead atoms. The molecule has 4 nitrogen and oxygen atoms in total. The first-order valence-corrected chi connectivity index (χ1v) is 5.07. The predicted molar refractivity (Wildman–Crippen MR) is 59.2 cm³/mol. The van der Waals surface area contributed by atoms with E-state index in [1.165, 1.54) is 0 Å². The van der Waals surface area contributed by atoms with Crippen molar-refractivity contribution in [2.75, 3.05) is 6.54 Å². The standard InChI is InChI=1S/C11H17N3O/c1-9(2)14-11(15)8-13-7-10-3-5-12-6-4-10/h3-6,9,13H,7-8H2,1-2H3,(H,14,15). The molecule has 0 unspecified atom stereocenters. The van der Waals surface area contributed by atoms with Gasteiger partial charge < -0.3 is 10.6 Å². The van der Waals surface area contributed by atoms with Gasteiger partial charge in [-0.2, -0.15) is 0 Å². The van der Waals surface area contributed by atoms with Crippen LogP contribution in [-0.2, 0) is 11.3 Å². The van der Waals surface area contributed by atoms with Gasteiger partial charge in [-0.05, 0) is 31.5 Å². The van der Waals surface area contributed by atoms with Gasteiger partial charge in [0.05, 0.1) is 6.54 Å². The lowest BCUT2D eigenvalue weighted by atomic mass is 10.3. The fourth-order valence-electron chi connectivity index (χ4n) is 1.19. The number of nitrogens with zero attached hydrogens (tertiary/aromatic N) is 1. The Morgan fingerprint density at radius 1 is 1.40 bits per heavy atom. The zero-order valence-corrected chi connectivity index (χ0v) is 9.16. The van der Waals surface area contributed by atoms with Crippen molar-refractivity contribution in [1.82, 2.24) is 15.6 Å². The highest BCUT2D eigenvalue weighted by Gasteiger charge is 2.01. The first-order valence-electron chi connectivity index (χ1n) is 5.07.